The molecule has 0 spiro atoms. The quantitative estimate of drug-likeness (QED) is 0.262. The second-order valence-electron chi connectivity index (χ2n) is 4.66. The van der Waals surface area contributed by atoms with Crippen LogP contribution in [0, 0.1) is 0 Å². The lowest BCUT2D eigenvalue weighted by atomic mass is 10.0. The van der Waals surface area contributed by atoms with Crippen LogP contribution in [0.5, 0.6) is 0 Å². The summed E-state index contributed by atoms with van der Waals surface area (Å²) in [7, 11) is 1.27. The zero-order valence-electron chi connectivity index (χ0n) is 13.6. The molecule has 9 nitrogen and oxygen atoms in total. The number of aliphatic hydroxyl groups excluding tert-OH is 5. The molecule has 23 heavy (non-hydrogen) atoms. The molecule has 0 rings (SSSR count). The summed E-state index contributed by atoms with van der Waals surface area (Å²) in [6, 6.07) is 0. The summed E-state index contributed by atoms with van der Waals surface area (Å²) in [6.45, 7) is 5.99. The summed E-state index contributed by atoms with van der Waals surface area (Å²) in [5, 5.41) is 55.0. The fraction of sp³-hybridized carbons (Fsp3) is 0.714. The van der Waals surface area contributed by atoms with Crippen LogP contribution >= 0.6 is 0 Å². The number of carbonyl (C=O) groups excluding carboxylic acids is 1. The van der Waals surface area contributed by atoms with Gasteiger partial charge in [0.25, 0.3) is 0 Å². The van der Waals surface area contributed by atoms with E-state index in [0.29, 0.717) is 0 Å². The van der Waals surface area contributed by atoms with Gasteiger partial charge in [-0.1, -0.05) is 20.4 Å². The molecule has 0 unspecified atom stereocenters. The molecule has 0 aromatic heterocycles. The third-order valence-corrected chi connectivity index (χ3v) is 2.88. The Morgan fingerprint density at radius 2 is 1.48 bits per heavy atom. The van der Waals surface area contributed by atoms with Gasteiger partial charge in [-0.3, -0.25) is 4.79 Å². The Labute approximate surface area is 135 Å². The molecular weight excluding hydrogens is 310 g/mol. The van der Waals surface area contributed by atoms with Crippen molar-refractivity contribution in [2.75, 3.05) is 20.2 Å². The molecule has 0 aliphatic heterocycles. The molecule has 0 saturated carbocycles. The number of nitrogens with zero attached hydrogens (tertiary/aromatic N) is 1. The number of carboxylic acids is 1. The number of hydrogen-bond donors (Lipinski definition) is 6. The fourth-order valence-electron chi connectivity index (χ4n) is 1.45. The third-order valence-electron chi connectivity index (χ3n) is 2.88. The van der Waals surface area contributed by atoms with Crippen LogP contribution in [0.15, 0.2) is 12.2 Å². The molecule has 9 heteroatoms. The van der Waals surface area contributed by atoms with Crippen LogP contribution in [0.25, 0.3) is 0 Å². The van der Waals surface area contributed by atoms with Crippen LogP contribution in [0.4, 0.5) is 0 Å². The molecule has 1 amide bonds. The second-order valence-corrected chi connectivity index (χ2v) is 4.66. The molecule has 0 bridgehead atoms. The number of carbonyl (C=O) groups is 2. The van der Waals surface area contributed by atoms with E-state index in [1.165, 1.54) is 7.05 Å². The average molecular weight is 337 g/mol. The van der Waals surface area contributed by atoms with Crippen LogP contribution in [-0.4, -0.2) is 92.0 Å². The van der Waals surface area contributed by atoms with Crippen molar-refractivity contribution in [1.29, 1.82) is 0 Å². The first kappa shape index (κ1) is 23.7. The lowest BCUT2D eigenvalue weighted by Crippen LogP contribution is -2.50. The summed E-state index contributed by atoms with van der Waals surface area (Å²) in [4.78, 5) is 23.1. The van der Waals surface area contributed by atoms with Gasteiger partial charge < -0.3 is 35.5 Å². The molecular formula is C14H27NO8. The van der Waals surface area contributed by atoms with Gasteiger partial charge in [-0.2, -0.15) is 0 Å². The molecule has 0 heterocycles. The largest absolute Gasteiger partial charge is 0.478 e. The summed E-state index contributed by atoms with van der Waals surface area (Å²) < 4.78 is 0. The molecule has 0 radical (unpaired) electrons. The number of likely N-dealkylation sites (N-methyl/N-ethyl adjacent to an activating group) is 1. The first-order valence-electron chi connectivity index (χ1n) is 7.10. The van der Waals surface area contributed by atoms with Gasteiger partial charge in [0.2, 0.25) is 5.91 Å². The minimum Gasteiger partial charge on any atom is -0.478 e. The predicted octanol–water partition coefficient (Wildman–Crippen LogP) is -2.06. The van der Waals surface area contributed by atoms with Crippen molar-refractivity contribution >= 4 is 11.9 Å². The lowest BCUT2D eigenvalue weighted by molar-refractivity contribution is -0.139. The average Bonchev–Trinajstić information content (AvgIpc) is 2.53. The number of aliphatic hydroxyl groups is 5. The minimum atomic E-state index is -1.79. The Bertz CT molecular complexity index is 387. The Kier molecular flexibility index (Phi) is 12.4. The van der Waals surface area contributed by atoms with E-state index in [1.54, 1.807) is 0 Å². The Balaban J connectivity index is 0. The Morgan fingerprint density at radius 1 is 1.04 bits per heavy atom. The van der Waals surface area contributed by atoms with Crippen LogP contribution in [0.1, 0.15) is 20.3 Å². The van der Waals surface area contributed by atoms with Crippen molar-refractivity contribution in [3.05, 3.63) is 12.2 Å². The first-order valence-corrected chi connectivity index (χ1v) is 7.10. The summed E-state index contributed by atoms with van der Waals surface area (Å²) >= 11 is 0. The molecule has 0 aliphatic carbocycles. The standard InChI is InChI=1S/C12H21NO8.C2H6/c1-6(12(20)21)3-9(17)13(2)4-7(15)10(18)11(19)8(16)5-14;1-2/h7-8,10-11,14-16,18-19H,1,3-5H2,2H3,(H,20,21);1-2H3/t7-,8+,10+,11+;/m0./s1. The highest BCUT2D eigenvalue weighted by molar-refractivity contribution is 5.93. The van der Waals surface area contributed by atoms with Gasteiger partial charge in [0.15, 0.2) is 0 Å². The van der Waals surface area contributed by atoms with Crippen LogP contribution in [-0.2, 0) is 9.59 Å². The zero-order chi connectivity index (χ0) is 18.7. The van der Waals surface area contributed by atoms with E-state index in [1.807, 2.05) is 13.8 Å². The van der Waals surface area contributed by atoms with E-state index in [2.05, 4.69) is 6.58 Å². The van der Waals surface area contributed by atoms with Crippen molar-refractivity contribution in [1.82, 2.24) is 4.90 Å². The minimum absolute atomic E-state index is 0.322. The molecule has 0 aromatic carbocycles. The zero-order valence-corrected chi connectivity index (χ0v) is 13.6. The van der Waals surface area contributed by atoms with Crippen LogP contribution < -0.4 is 0 Å². The smallest absolute Gasteiger partial charge is 0.331 e. The van der Waals surface area contributed by atoms with Crippen molar-refractivity contribution < 1.29 is 40.2 Å². The second kappa shape index (κ2) is 12.0. The topological polar surface area (TPSA) is 159 Å². The van der Waals surface area contributed by atoms with Crippen LogP contribution in [0.3, 0.4) is 0 Å². The van der Waals surface area contributed by atoms with E-state index in [9.17, 15) is 24.9 Å². The molecule has 0 aromatic rings. The van der Waals surface area contributed by atoms with E-state index in [-0.39, 0.29) is 5.57 Å². The normalized spacial score (nSPS) is 15.5. The van der Waals surface area contributed by atoms with Gasteiger partial charge in [0.05, 0.1) is 13.0 Å². The maximum absolute atomic E-state index is 11.6. The molecule has 4 atom stereocenters. The van der Waals surface area contributed by atoms with Gasteiger partial charge >= 0.3 is 5.97 Å². The molecule has 0 aliphatic rings. The highest BCUT2D eigenvalue weighted by Crippen LogP contribution is 2.08. The summed E-state index contributed by atoms with van der Waals surface area (Å²) in [5.74, 6) is -1.97. The van der Waals surface area contributed by atoms with Crippen LogP contribution in [0.2, 0.25) is 0 Å². The lowest BCUT2D eigenvalue weighted by Gasteiger charge is -2.28. The van der Waals surface area contributed by atoms with E-state index >= 15 is 0 Å². The number of rotatable bonds is 9. The van der Waals surface area contributed by atoms with Gasteiger partial charge in [-0.15, -0.1) is 0 Å². The number of amides is 1. The number of carboxylic acid groups (broad SMARTS) is 1. The molecule has 136 valence electrons. The van der Waals surface area contributed by atoms with Crippen molar-refractivity contribution in [3.63, 3.8) is 0 Å². The number of aliphatic carboxylic acids is 1. The molecule has 0 saturated heterocycles. The van der Waals surface area contributed by atoms with Crippen molar-refractivity contribution in [3.8, 4) is 0 Å². The monoisotopic (exact) mass is 337 g/mol. The van der Waals surface area contributed by atoms with Gasteiger partial charge in [0.1, 0.15) is 24.4 Å². The van der Waals surface area contributed by atoms with Crippen molar-refractivity contribution in [2.45, 2.75) is 44.7 Å². The highest BCUT2D eigenvalue weighted by atomic mass is 16.4. The van der Waals surface area contributed by atoms with E-state index < -0.39 is 55.9 Å². The van der Waals surface area contributed by atoms with Gasteiger partial charge in [-0.05, 0) is 0 Å². The number of hydrogen-bond acceptors (Lipinski definition) is 7. The SMILES string of the molecule is C=C(CC(=O)N(C)C[C@H](O)[C@@H](O)[C@H](O)[C@H](O)CO)C(=O)O.CC. The summed E-state index contributed by atoms with van der Waals surface area (Å²) in [5.41, 5.74) is -0.322. The highest BCUT2D eigenvalue weighted by Gasteiger charge is 2.31. The predicted molar refractivity (Wildman–Crippen MR) is 81.5 cm³/mol. The third kappa shape index (κ3) is 8.62. The van der Waals surface area contributed by atoms with Gasteiger partial charge in [0, 0.05) is 19.2 Å². The summed E-state index contributed by atoms with van der Waals surface area (Å²) in [6.07, 6.45) is -7.26. The van der Waals surface area contributed by atoms with Crippen molar-refractivity contribution in [2.24, 2.45) is 0 Å². The molecule has 0 fully saturated rings. The van der Waals surface area contributed by atoms with Gasteiger partial charge in [-0.25, -0.2) is 4.79 Å². The first-order chi connectivity index (χ1) is 10.6. The maximum Gasteiger partial charge on any atom is 0.331 e. The maximum atomic E-state index is 11.6. The Morgan fingerprint density at radius 3 is 1.87 bits per heavy atom. The van der Waals surface area contributed by atoms with E-state index in [4.69, 9.17) is 15.3 Å². The molecule has 6 N–H and O–H groups in total. The Hall–Kier alpha value is -1.52. The van der Waals surface area contributed by atoms with E-state index in [0.717, 1.165) is 4.90 Å². The fourth-order valence-corrected chi connectivity index (χ4v) is 1.45.